The molecule has 0 bridgehead atoms. The van der Waals surface area contributed by atoms with Gasteiger partial charge in [0.25, 0.3) is 5.91 Å². The molecule has 0 aromatic heterocycles. The van der Waals surface area contributed by atoms with Crippen molar-refractivity contribution < 1.29 is 38.1 Å². The zero-order valence-electron chi connectivity index (χ0n) is 15.8. The summed E-state index contributed by atoms with van der Waals surface area (Å²) in [5.74, 6) is -2.63. The number of fused-ring (bicyclic) bond motifs is 1. The van der Waals surface area contributed by atoms with Gasteiger partial charge in [-0.3, -0.25) is 29.1 Å². The molecule has 156 valence electrons. The predicted octanol–water partition coefficient (Wildman–Crippen LogP) is -1.90. The van der Waals surface area contributed by atoms with Crippen LogP contribution in [-0.4, -0.2) is 84.0 Å². The molecule has 13 nitrogen and oxygen atoms in total. The van der Waals surface area contributed by atoms with Gasteiger partial charge in [0.2, 0.25) is 5.96 Å². The molecule has 1 saturated heterocycles. The van der Waals surface area contributed by atoms with E-state index in [4.69, 9.17) is 24.7 Å². The molecule has 3 heterocycles. The maximum Gasteiger partial charge on any atom is 0.303 e. The van der Waals surface area contributed by atoms with E-state index in [0.29, 0.717) is 0 Å². The number of nitrogens with zero attached hydrogens (tertiary/aromatic N) is 4. The second-order valence-corrected chi connectivity index (χ2v) is 6.37. The molecule has 0 aromatic carbocycles. The van der Waals surface area contributed by atoms with E-state index >= 15 is 0 Å². The monoisotopic (exact) mass is 409 g/mol. The first-order valence-electron chi connectivity index (χ1n) is 8.59. The van der Waals surface area contributed by atoms with E-state index in [-0.39, 0.29) is 18.4 Å². The summed E-state index contributed by atoms with van der Waals surface area (Å²) in [6, 6.07) is -1.01. The van der Waals surface area contributed by atoms with Crippen LogP contribution < -0.4 is 5.73 Å². The molecule has 1 amide bonds. The van der Waals surface area contributed by atoms with Crippen LogP contribution in [0.2, 0.25) is 0 Å². The van der Waals surface area contributed by atoms with Crippen LogP contribution in [0.25, 0.3) is 0 Å². The quantitative estimate of drug-likeness (QED) is 0.399. The fourth-order valence-corrected chi connectivity index (χ4v) is 3.13. The Labute approximate surface area is 164 Å². The second-order valence-electron chi connectivity index (χ2n) is 6.37. The van der Waals surface area contributed by atoms with E-state index in [9.17, 15) is 19.2 Å². The van der Waals surface area contributed by atoms with Crippen molar-refractivity contribution in [2.75, 3.05) is 6.61 Å². The summed E-state index contributed by atoms with van der Waals surface area (Å²) in [5, 5.41) is 0. The Balaban J connectivity index is 1.93. The van der Waals surface area contributed by atoms with Crippen molar-refractivity contribution in [3.8, 4) is 0 Å². The van der Waals surface area contributed by atoms with Gasteiger partial charge in [0.15, 0.2) is 30.3 Å². The van der Waals surface area contributed by atoms with Crippen molar-refractivity contribution in [1.82, 2.24) is 4.90 Å². The highest BCUT2D eigenvalue weighted by molar-refractivity contribution is 6.21. The SMILES string of the molecule is CC(=O)OC[C@H]1O[C@@H](N2C=NC3C(=O)N=C(N)N=C32)[C@H](OC(C)=O)[C@@H]1OC(C)=O. The van der Waals surface area contributed by atoms with Gasteiger partial charge in [-0.1, -0.05) is 0 Å². The maximum absolute atomic E-state index is 12.0. The number of esters is 3. The highest BCUT2D eigenvalue weighted by atomic mass is 16.7. The lowest BCUT2D eigenvalue weighted by atomic mass is 10.1. The van der Waals surface area contributed by atoms with Crippen molar-refractivity contribution in [2.24, 2.45) is 20.7 Å². The summed E-state index contributed by atoms with van der Waals surface area (Å²) in [6.45, 7) is 3.30. The molecular formula is C16H19N5O8. The molecule has 3 aliphatic heterocycles. The van der Waals surface area contributed by atoms with Gasteiger partial charge >= 0.3 is 17.9 Å². The Morgan fingerprint density at radius 1 is 1.10 bits per heavy atom. The number of aliphatic imine (C=N–C) groups is 3. The van der Waals surface area contributed by atoms with E-state index in [1.807, 2.05) is 0 Å². The minimum Gasteiger partial charge on any atom is -0.463 e. The first-order valence-corrected chi connectivity index (χ1v) is 8.59. The standard InChI is InChI=1S/C16H19N5O8/c1-6(22)26-4-9-11(27-7(2)23)12(28-8(3)24)15(29-9)21-5-18-10-13(21)19-16(17)20-14(10)25/h5,9-12,15H,4H2,1-3H3,(H2,17,20,25)/t9-,10?,11-,12-,15-/m1/s1. The normalized spacial score (nSPS) is 30.4. The third-order valence-corrected chi connectivity index (χ3v) is 4.15. The summed E-state index contributed by atoms with van der Waals surface area (Å²) in [7, 11) is 0. The number of rotatable bonds is 5. The third-order valence-electron chi connectivity index (χ3n) is 4.15. The van der Waals surface area contributed by atoms with Crippen LogP contribution in [0.3, 0.4) is 0 Å². The number of amidine groups is 1. The van der Waals surface area contributed by atoms with Crippen LogP contribution in [0, 0.1) is 0 Å². The first-order chi connectivity index (χ1) is 13.7. The second kappa shape index (κ2) is 7.95. The highest BCUT2D eigenvalue weighted by Gasteiger charge is 2.54. The smallest absolute Gasteiger partial charge is 0.303 e. The van der Waals surface area contributed by atoms with Gasteiger partial charge in [-0.05, 0) is 0 Å². The lowest BCUT2D eigenvalue weighted by Crippen LogP contribution is -2.51. The summed E-state index contributed by atoms with van der Waals surface area (Å²) in [5.41, 5.74) is 5.57. The van der Waals surface area contributed by atoms with Gasteiger partial charge in [0.1, 0.15) is 12.7 Å². The molecule has 0 spiro atoms. The van der Waals surface area contributed by atoms with Gasteiger partial charge < -0.3 is 24.7 Å². The minimum atomic E-state index is -1.12. The van der Waals surface area contributed by atoms with E-state index in [0.717, 1.165) is 0 Å². The topological polar surface area (TPSA) is 172 Å². The molecule has 0 saturated carbocycles. The maximum atomic E-state index is 12.0. The van der Waals surface area contributed by atoms with Crippen molar-refractivity contribution in [3.05, 3.63) is 0 Å². The van der Waals surface area contributed by atoms with E-state index in [1.165, 1.54) is 32.0 Å². The molecule has 1 fully saturated rings. The Hall–Kier alpha value is -3.35. The van der Waals surface area contributed by atoms with Crippen LogP contribution in [0.15, 0.2) is 15.0 Å². The zero-order chi connectivity index (χ0) is 21.3. The summed E-state index contributed by atoms with van der Waals surface area (Å²) in [4.78, 5) is 59.4. The molecule has 0 aliphatic carbocycles. The van der Waals surface area contributed by atoms with Crippen LogP contribution in [0.4, 0.5) is 0 Å². The number of hydrogen-bond acceptors (Lipinski definition) is 12. The number of guanidine groups is 1. The summed E-state index contributed by atoms with van der Waals surface area (Å²) in [6.07, 6.45) is -2.96. The van der Waals surface area contributed by atoms with Gasteiger partial charge in [-0.25, -0.2) is 0 Å². The molecule has 5 atom stereocenters. The van der Waals surface area contributed by atoms with Crippen LogP contribution >= 0.6 is 0 Å². The average molecular weight is 409 g/mol. The van der Waals surface area contributed by atoms with Crippen molar-refractivity contribution in [3.63, 3.8) is 0 Å². The molecule has 0 aromatic rings. The molecule has 3 rings (SSSR count). The van der Waals surface area contributed by atoms with Gasteiger partial charge in [-0.15, -0.1) is 0 Å². The Bertz CT molecular complexity index is 837. The number of nitrogens with two attached hydrogens (primary N) is 1. The van der Waals surface area contributed by atoms with Gasteiger partial charge in [0, 0.05) is 20.8 Å². The van der Waals surface area contributed by atoms with Crippen LogP contribution in [-0.2, 0) is 38.1 Å². The minimum absolute atomic E-state index is 0.124. The number of carbonyl (C=O) groups is 4. The van der Waals surface area contributed by atoms with Crippen molar-refractivity contribution >= 4 is 41.9 Å². The zero-order valence-corrected chi connectivity index (χ0v) is 15.8. The van der Waals surface area contributed by atoms with Crippen molar-refractivity contribution in [2.45, 2.75) is 51.4 Å². The highest BCUT2D eigenvalue weighted by Crippen LogP contribution is 2.32. The number of amides is 1. The molecule has 0 radical (unpaired) electrons. The molecule has 29 heavy (non-hydrogen) atoms. The number of ether oxygens (including phenoxy) is 4. The Morgan fingerprint density at radius 3 is 2.38 bits per heavy atom. The summed E-state index contributed by atoms with van der Waals surface area (Å²) >= 11 is 0. The molecule has 13 heteroatoms. The largest absolute Gasteiger partial charge is 0.463 e. The summed E-state index contributed by atoms with van der Waals surface area (Å²) < 4.78 is 21.5. The molecule has 3 aliphatic rings. The van der Waals surface area contributed by atoms with Gasteiger partial charge in [0.05, 0.1) is 6.34 Å². The lowest BCUT2D eigenvalue weighted by Gasteiger charge is -2.29. The van der Waals surface area contributed by atoms with Gasteiger partial charge in [-0.2, -0.15) is 9.98 Å². The average Bonchev–Trinajstić information content (AvgIpc) is 3.15. The Morgan fingerprint density at radius 2 is 1.76 bits per heavy atom. The van der Waals surface area contributed by atoms with Crippen LogP contribution in [0.1, 0.15) is 20.8 Å². The lowest BCUT2D eigenvalue weighted by molar-refractivity contribution is -0.166. The Kier molecular flexibility index (Phi) is 5.59. The molecule has 1 unspecified atom stereocenters. The van der Waals surface area contributed by atoms with E-state index < -0.39 is 54.4 Å². The third kappa shape index (κ3) is 4.23. The van der Waals surface area contributed by atoms with Crippen molar-refractivity contribution in [1.29, 1.82) is 0 Å². The predicted molar refractivity (Wildman–Crippen MR) is 94.6 cm³/mol. The fourth-order valence-electron chi connectivity index (χ4n) is 3.13. The molecular weight excluding hydrogens is 390 g/mol. The van der Waals surface area contributed by atoms with E-state index in [1.54, 1.807) is 0 Å². The van der Waals surface area contributed by atoms with E-state index in [2.05, 4.69) is 15.0 Å². The fraction of sp³-hybridized carbons (Fsp3) is 0.562. The molecule has 2 N–H and O–H groups in total. The van der Waals surface area contributed by atoms with Crippen LogP contribution in [0.5, 0.6) is 0 Å². The number of hydrogen-bond donors (Lipinski definition) is 1. The number of carbonyl (C=O) groups excluding carboxylic acids is 4. The first kappa shape index (κ1) is 20.4.